The number of hydrogen-bond acceptors (Lipinski definition) is 2. The fourth-order valence-corrected chi connectivity index (χ4v) is 2.38. The number of carboxylic acid groups (broad SMARTS) is 1. The number of nitrogens with zero attached hydrogens (tertiary/aromatic N) is 2. The normalized spacial score (nSPS) is 11.4. The number of aryl methyl sites for hydroxylation is 2. The fraction of sp³-hybridized carbons (Fsp3) is 0.467. The number of imidazole rings is 1. The Balaban J connectivity index is 2.23. The number of aromatic nitrogens is 2. The monoisotopic (exact) mass is 260 g/mol. The van der Waals surface area contributed by atoms with Crippen molar-refractivity contribution in [1.82, 2.24) is 9.55 Å². The highest BCUT2D eigenvalue weighted by molar-refractivity contribution is 5.77. The van der Waals surface area contributed by atoms with E-state index in [1.807, 2.05) is 7.05 Å². The summed E-state index contributed by atoms with van der Waals surface area (Å²) < 4.78 is 2.13. The third-order valence-corrected chi connectivity index (χ3v) is 3.35. The summed E-state index contributed by atoms with van der Waals surface area (Å²) >= 11 is 0. The zero-order valence-electron chi connectivity index (χ0n) is 11.7. The van der Waals surface area contributed by atoms with E-state index in [2.05, 4.69) is 41.6 Å². The lowest BCUT2D eigenvalue weighted by Crippen LogP contribution is -1.99. The number of fused-ring (bicyclic) bond motifs is 1. The second-order valence-corrected chi connectivity index (χ2v) is 5.25. The molecule has 0 spiro atoms. The maximum Gasteiger partial charge on any atom is 0.303 e. The summed E-state index contributed by atoms with van der Waals surface area (Å²) in [6.45, 7) is 4.27. The molecular formula is C15H20N2O2. The van der Waals surface area contributed by atoms with Crippen LogP contribution in [-0.4, -0.2) is 20.6 Å². The van der Waals surface area contributed by atoms with Crippen LogP contribution in [0.1, 0.15) is 44.0 Å². The van der Waals surface area contributed by atoms with Crippen LogP contribution in [0.25, 0.3) is 11.0 Å². The molecule has 0 atom stereocenters. The van der Waals surface area contributed by atoms with E-state index >= 15 is 0 Å². The standard InChI is InChI=1S/C15H20N2O2/c1-10(2)15-16-12-9-11(5-4-6-14(18)19)7-8-13(12)17(15)3/h7-10H,4-6H2,1-3H3,(H,18,19). The van der Waals surface area contributed by atoms with Gasteiger partial charge in [0, 0.05) is 19.4 Å². The van der Waals surface area contributed by atoms with Gasteiger partial charge in [-0.25, -0.2) is 4.98 Å². The van der Waals surface area contributed by atoms with E-state index in [1.165, 1.54) is 0 Å². The van der Waals surface area contributed by atoms with Gasteiger partial charge in [-0.15, -0.1) is 0 Å². The third kappa shape index (κ3) is 2.95. The largest absolute Gasteiger partial charge is 0.481 e. The Labute approximate surface area is 113 Å². The summed E-state index contributed by atoms with van der Waals surface area (Å²) in [7, 11) is 2.04. The number of rotatable bonds is 5. The quantitative estimate of drug-likeness (QED) is 0.898. The summed E-state index contributed by atoms with van der Waals surface area (Å²) in [5.74, 6) is 0.742. The summed E-state index contributed by atoms with van der Waals surface area (Å²) in [5.41, 5.74) is 3.28. The van der Waals surface area contributed by atoms with Crippen molar-refractivity contribution in [3.8, 4) is 0 Å². The lowest BCUT2D eigenvalue weighted by molar-refractivity contribution is -0.137. The van der Waals surface area contributed by atoms with E-state index in [4.69, 9.17) is 5.11 Å². The Bertz CT molecular complexity index is 599. The summed E-state index contributed by atoms with van der Waals surface area (Å²) in [6, 6.07) is 6.21. The third-order valence-electron chi connectivity index (χ3n) is 3.35. The summed E-state index contributed by atoms with van der Waals surface area (Å²) in [4.78, 5) is 15.2. The topological polar surface area (TPSA) is 55.1 Å². The first-order valence-electron chi connectivity index (χ1n) is 6.66. The molecule has 1 aromatic heterocycles. The Kier molecular flexibility index (Phi) is 3.88. The SMILES string of the molecule is CC(C)c1nc2cc(CCCC(=O)O)ccc2n1C. The molecule has 2 aromatic rings. The highest BCUT2D eigenvalue weighted by Crippen LogP contribution is 2.22. The highest BCUT2D eigenvalue weighted by atomic mass is 16.4. The molecule has 0 saturated heterocycles. The second kappa shape index (κ2) is 5.43. The molecule has 0 fully saturated rings. The van der Waals surface area contributed by atoms with E-state index in [9.17, 15) is 4.79 Å². The van der Waals surface area contributed by atoms with Crippen LogP contribution in [0.3, 0.4) is 0 Å². The predicted octanol–water partition coefficient (Wildman–Crippen LogP) is 3.10. The number of carboxylic acids is 1. The zero-order valence-corrected chi connectivity index (χ0v) is 11.7. The Morgan fingerprint density at radius 3 is 2.79 bits per heavy atom. The van der Waals surface area contributed by atoms with Crippen LogP contribution in [0.15, 0.2) is 18.2 Å². The lowest BCUT2D eigenvalue weighted by Gasteiger charge is -2.04. The van der Waals surface area contributed by atoms with Crippen LogP contribution in [0.5, 0.6) is 0 Å². The molecule has 102 valence electrons. The minimum absolute atomic E-state index is 0.220. The van der Waals surface area contributed by atoms with E-state index in [-0.39, 0.29) is 6.42 Å². The summed E-state index contributed by atoms with van der Waals surface area (Å²) in [5, 5.41) is 8.65. The lowest BCUT2D eigenvalue weighted by atomic mass is 10.1. The van der Waals surface area contributed by atoms with Crippen molar-refractivity contribution in [2.75, 3.05) is 0 Å². The van der Waals surface area contributed by atoms with E-state index in [0.717, 1.165) is 28.8 Å². The van der Waals surface area contributed by atoms with Gasteiger partial charge in [-0.1, -0.05) is 19.9 Å². The first-order valence-corrected chi connectivity index (χ1v) is 6.66. The zero-order chi connectivity index (χ0) is 14.0. The fourth-order valence-electron chi connectivity index (χ4n) is 2.38. The minimum Gasteiger partial charge on any atom is -0.481 e. The van der Waals surface area contributed by atoms with Crippen molar-refractivity contribution in [3.05, 3.63) is 29.6 Å². The molecule has 0 unspecified atom stereocenters. The van der Waals surface area contributed by atoms with Gasteiger partial charge in [0.15, 0.2) is 0 Å². The molecule has 2 rings (SSSR count). The number of carbonyl (C=O) groups is 1. The Morgan fingerprint density at radius 1 is 1.42 bits per heavy atom. The Hall–Kier alpha value is -1.84. The molecule has 0 amide bonds. The van der Waals surface area contributed by atoms with Gasteiger partial charge in [-0.3, -0.25) is 4.79 Å². The molecule has 0 bridgehead atoms. The predicted molar refractivity (Wildman–Crippen MR) is 75.4 cm³/mol. The van der Waals surface area contributed by atoms with E-state index in [0.29, 0.717) is 12.3 Å². The maximum atomic E-state index is 10.5. The number of benzene rings is 1. The van der Waals surface area contributed by atoms with Gasteiger partial charge in [-0.2, -0.15) is 0 Å². The van der Waals surface area contributed by atoms with Crippen molar-refractivity contribution in [2.45, 2.75) is 39.0 Å². The summed E-state index contributed by atoms with van der Waals surface area (Å²) in [6.07, 6.45) is 1.68. The smallest absolute Gasteiger partial charge is 0.303 e. The van der Waals surface area contributed by atoms with E-state index in [1.54, 1.807) is 0 Å². The first-order chi connectivity index (χ1) is 8.99. The molecule has 0 radical (unpaired) electrons. The highest BCUT2D eigenvalue weighted by Gasteiger charge is 2.11. The van der Waals surface area contributed by atoms with Crippen LogP contribution in [0.2, 0.25) is 0 Å². The molecule has 4 heteroatoms. The average Bonchev–Trinajstić information content (AvgIpc) is 2.66. The average molecular weight is 260 g/mol. The molecule has 1 heterocycles. The van der Waals surface area contributed by atoms with Crippen LogP contribution in [0.4, 0.5) is 0 Å². The van der Waals surface area contributed by atoms with Crippen molar-refractivity contribution in [3.63, 3.8) is 0 Å². The Morgan fingerprint density at radius 2 is 2.16 bits per heavy atom. The van der Waals surface area contributed by atoms with Gasteiger partial charge >= 0.3 is 5.97 Å². The minimum atomic E-state index is -0.735. The van der Waals surface area contributed by atoms with Crippen molar-refractivity contribution in [2.24, 2.45) is 7.05 Å². The van der Waals surface area contributed by atoms with Crippen LogP contribution in [0, 0.1) is 0 Å². The van der Waals surface area contributed by atoms with Gasteiger partial charge in [0.2, 0.25) is 0 Å². The molecule has 19 heavy (non-hydrogen) atoms. The van der Waals surface area contributed by atoms with Crippen molar-refractivity contribution < 1.29 is 9.90 Å². The maximum absolute atomic E-state index is 10.5. The van der Waals surface area contributed by atoms with Gasteiger partial charge in [-0.05, 0) is 30.5 Å². The molecular weight excluding hydrogens is 240 g/mol. The van der Waals surface area contributed by atoms with Gasteiger partial charge in [0.1, 0.15) is 5.82 Å². The van der Waals surface area contributed by atoms with Crippen LogP contribution < -0.4 is 0 Å². The van der Waals surface area contributed by atoms with E-state index < -0.39 is 5.97 Å². The first kappa shape index (κ1) is 13.6. The second-order valence-electron chi connectivity index (χ2n) is 5.25. The van der Waals surface area contributed by atoms with Gasteiger partial charge < -0.3 is 9.67 Å². The molecule has 0 aliphatic heterocycles. The molecule has 1 aromatic carbocycles. The van der Waals surface area contributed by atoms with Crippen LogP contribution in [-0.2, 0) is 18.3 Å². The van der Waals surface area contributed by atoms with Gasteiger partial charge in [0.05, 0.1) is 11.0 Å². The molecule has 0 saturated carbocycles. The number of hydrogen-bond donors (Lipinski definition) is 1. The molecule has 4 nitrogen and oxygen atoms in total. The van der Waals surface area contributed by atoms with Crippen molar-refractivity contribution >= 4 is 17.0 Å². The molecule has 0 aliphatic carbocycles. The van der Waals surface area contributed by atoms with Crippen LogP contribution >= 0.6 is 0 Å². The molecule has 1 N–H and O–H groups in total. The van der Waals surface area contributed by atoms with Crippen molar-refractivity contribution in [1.29, 1.82) is 0 Å². The molecule has 0 aliphatic rings. The number of aliphatic carboxylic acids is 1. The van der Waals surface area contributed by atoms with Gasteiger partial charge in [0.25, 0.3) is 0 Å².